The van der Waals surface area contributed by atoms with Gasteiger partial charge in [-0.1, -0.05) is 17.7 Å². The largest absolute Gasteiger partial charge is 0.443 e. The Kier molecular flexibility index (Phi) is 6.15. The Hall–Kier alpha value is -1.64. The van der Waals surface area contributed by atoms with Crippen molar-refractivity contribution >= 4 is 33.9 Å². The molecule has 7 nitrogen and oxygen atoms in total. The van der Waals surface area contributed by atoms with E-state index in [4.69, 9.17) is 16.3 Å². The van der Waals surface area contributed by atoms with Crippen LogP contribution in [0.25, 0.3) is 0 Å². The second-order valence-electron chi connectivity index (χ2n) is 5.84. The predicted molar refractivity (Wildman–Crippen MR) is 89.3 cm³/mol. The van der Waals surface area contributed by atoms with Gasteiger partial charge >= 0.3 is 6.09 Å². The molecule has 0 aliphatic carbocycles. The van der Waals surface area contributed by atoms with Gasteiger partial charge in [-0.25, -0.2) is 22.9 Å². The molecule has 0 bridgehead atoms. The Morgan fingerprint density at radius 3 is 2.43 bits per heavy atom. The normalized spacial score (nSPS) is 12.7. The quantitative estimate of drug-likeness (QED) is 0.659. The zero-order valence-electron chi connectivity index (χ0n) is 13.6. The molecule has 0 radical (unpaired) electrons. The first-order chi connectivity index (χ1) is 10.4. The van der Waals surface area contributed by atoms with Crippen molar-refractivity contribution in [1.29, 1.82) is 0 Å². The van der Waals surface area contributed by atoms with E-state index in [-0.39, 0.29) is 9.92 Å². The number of ether oxygens (including phenoxy) is 1. The average molecular weight is 362 g/mol. The third kappa shape index (κ3) is 5.81. The molecule has 1 rings (SSSR count). The van der Waals surface area contributed by atoms with Crippen LogP contribution in [0.15, 0.2) is 28.2 Å². The maximum atomic E-state index is 12.0. The molecular formula is C14H20ClN3O4S. The topological polar surface area (TPSA) is 88.1 Å². The van der Waals surface area contributed by atoms with E-state index in [1.807, 2.05) is 0 Å². The Balaban J connectivity index is 2.84. The summed E-state index contributed by atoms with van der Waals surface area (Å²) in [5, 5.41) is 3.92. The van der Waals surface area contributed by atoms with Crippen LogP contribution in [-0.4, -0.2) is 44.7 Å². The van der Waals surface area contributed by atoms with Crippen molar-refractivity contribution in [2.75, 3.05) is 14.1 Å². The molecule has 9 heteroatoms. The molecule has 23 heavy (non-hydrogen) atoms. The van der Waals surface area contributed by atoms with Gasteiger partial charge in [0.25, 0.3) is 0 Å². The summed E-state index contributed by atoms with van der Waals surface area (Å²) in [4.78, 5) is 11.5. The SMILES string of the molecule is CN(C)S(=O)(=O)c1ccc(C=NNC(=O)OC(C)(C)C)c(Cl)c1. The summed E-state index contributed by atoms with van der Waals surface area (Å²) in [5.41, 5.74) is 2.03. The van der Waals surface area contributed by atoms with Gasteiger partial charge < -0.3 is 4.74 Å². The minimum Gasteiger partial charge on any atom is -0.443 e. The third-order valence-corrected chi connectivity index (χ3v) is 4.65. The molecule has 0 fully saturated rings. The van der Waals surface area contributed by atoms with Crippen molar-refractivity contribution in [3.05, 3.63) is 28.8 Å². The third-order valence-electron chi connectivity index (χ3n) is 2.51. The number of rotatable bonds is 4. The second-order valence-corrected chi connectivity index (χ2v) is 8.40. The highest BCUT2D eigenvalue weighted by Crippen LogP contribution is 2.21. The lowest BCUT2D eigenvalue weighted by atomic mass is 10.2. The van der Waals surface area contributed by atoms with Crippen molar-refractivity contribution in [2.45, 2.75) is 31.3 Å². The molecule has 1 aromatic carbocycles. The summed E-state index contributed by atoms with van der Waals surface area (Å²) in [6, 6.07) is 4.24. The zero-order chi connectivity index (χ0) is 17.8. The van der Waals surface area contributed by atoms with Crippen molar-refractivity contribution in [3.63, 3.8) is 0 Å². The molecule has 0 heterocycles. The number of hydrogen-bond donors (Lipinski definition) is 1. The predicted octanol–water partition coefficient (Wildman–Crippen LogP) is 2.45. The van der Waals surface area contributed by atoms with Crippen LogP contribution >= 0.6 is 11.6 Å². The Morgan fingerprint density at radius 1 is 1.35 bits per heavy atom. The standard InChI is InChI=1S/C14H20ClN3O4S/c1-14(2,3)22-13(19)17-16-9-10-6-7-11(8-12(10)15)23(20,21)18(4)5/h6-9H,1-5H3,(H,17,19). The molecule has 128 valence electrons. The summed E-state index contributed by atoms with van der Waals surface area (Å²) in [5.74, 6) is 0. The van der Waals surface area contributed by atoms with Gasteiger partial charge in [0.2, 0.25) is 10.0 Å². The summed E-state index contributed by atoms with van der Waals surface area (Å²) < 4.78 is 30.1. The number of carbonyl (C=O) groups excluding carboxylic acids is 1. The van der Waals surface area contributed by atoms with Crippen LogP contribution in [0.2, 0.25) is 5.02 Å². The van der Waals surface area contributed by atoms with Gasteiger partial charge in [0, 0.05) is 19.7 Å². The van der Waals surface area contributed by atoms with Gasteiger partial charge in [-0.15, -0.1) is 0 Å². The van der Waals surface area contributed by atoms with Crippen molar-refractivity contribution in [2.24, 2.45) is 5.10 Å². The summed E-state index contributed by atoms with van der Waals surface area (Å²) >= 11 is 6.04. The highest BCUT2D eigenvalue weighted by Gasteiger charge is 2.18. The molecule has 0 saturated heterocycles. The number of benzene rings is 1. The lowest BCUT2D eigenvalue weighted by Crippen LogP contribution is -2.29. The number of amides is 1. The van der Waals surface area contributed by atoms with E-state index in [0.29, 0.717) is 5.56 Å². The number of nitrogens with one attached hydrogen (secondary N) is 1. The summed E-state index contributed by atoms with van der Waals surface area (Å²) in [6.07, 6.45) is 0.606. The van der Waals surface area contributed by atoms with Crippen molar-refractivity contribution < 1.29 is 17.9 Å². The van der Waals surface area contributed by atoms with Crippen molar-refractivity contribution in [3.8, 4) is 0 Å². The first kappa shape index (κ1) is 19.4. The zero-order valence-corrected chi connectivity index (χ0v) is 15.2. The van der Waals surface area contributed by atoms with Gasteiger partial charge in [-0.2, -0.15) is 5.10 Å². The highest BCUT2D eigenvalue weighted by molar-refractivity contribution is 7.89. The smallest absolute Gasteiger partial charge is 0.428 e. The van der Waals surface area contributed by atoms with Crippen LogP contribution in [-0.2, 0) is 14.8 Å². The fourth-order valence-electron chi connectivity index (χ4n) is 1.44. The first-order valence-corrected chi connectivity index (χ1v) is 8.49. The highest BCUT2D eigenvalue weighted by atomic mass is 35.5. The first-order valence-electron chi connectivity index (χ1n) is 6.67. The number of hydrazone groups is 1. The van der Waals surface area contributed by atoms with Gasteiger partial charge in [-0.05, 0) is 32.9 Å². The van der Waals surface area contributed by atoms with E-state index in [1.54, 1.807) is 20.8 Å². The van der Waals surface area contributed by atoms with Crippen molar-refractivity contribution in [1.82, 2.24) is 9.73 Å². The van der Waals surface area contributed by atoms with E-state index in [0.717, 1.165) is 4.31 Å². The lowest BCUT2D eigenvalue weighted by Gasteiger charge is -2.18. The van der Waals surface area contributed by atoms with Crippen LogP contribution in [0.4, 0.5) is 4.79 Å². The minimum atomic E-state index is -3.56. The molecule has 0 aliphatic heterocycles. The van der Waals surface area contributed by atoms with Gasteiger partial charge in [-0.3, -0.25) is 0 Å². The molecule has 0 aromatic heterocycles. The monoisotopic (exact) mass is 361 g/mol. The molecule has 0 unspecified atom stereocenters. The van der Waals surface area contributed by atoms with Gasteiger partial charge in [0.15, 0.2) is 0 Å². The summed E-state index contributed by atoms with van der Waals surface area (Å²) in [6.45, 7) is 5.20. The number of sulfonamides is 1. The molecule has 0 saturated carbocycles. The van der Waals surface area contributed by atoms with E-state index < -0.39 is 21.7 Å². The number of carbonyl (C=O) groups is 1. The number of nitrogens with zero attached hydrogens (tertiary/aromatic N) is 2. The van der Waals surface area contributed by atoms with Crippen LogP contribution in [0.5, 0.6) is 0 Å². The molecule has 0 atom stereocenters. The Labute approximate surface area is 141 Å². The van der Waals surface area contributed by atoms with E-state index in [1.165, 1.54) is 38.5 Å². The van der Waals surface area contributed by atoms with Crippen LogP contribution < -0.4 is 5.43 Å². The molecule has 1 N–H and O–H groups in total. The number of halogens is 1. The van der Waals surface area contributed by atoms with Crippen LogP contribution in [0.1, 0.15) is 26.3 Å². The fraction of sp³-hybridized carbons (Fsp3) is 0.429. The lowest BCUT2D eigenvalue weighted by molar-refractivity contribution is 0.0529. The van der Waals surface area contributed by atoms with E-state index >= 15 is 0 Å². The fourth-order valence-corrected chi connectivity index (χ4v) is 2.66. The van der Waals surface area contributed by atoms with Gasteiger partial charge in [0.1, 0.15) is 5.60 Å². The molecule has 1 amide bonds. The molecule has 0 aliphatic rings. The van der Waals surface area contributed by atoms with Crippen LogP contribution in [0.3, 0.4) is 0 Å². The molecular weight excluding hydrogens is 342 g/mol. The molecule has 0 spiro atoms. The number of hydrogen-bond acceptors (Lipinski definition) is 5. The Morgan fingerprint density at radius 2 is 1.96 bits per heavy atom. The van der Waals surface area contributed by atoms with E-state index in [2.05, 4.69) is 10.5 Å². The van der Waals surface area contributed by atoms with Gasteiger partial charge in [0.05, 0.1) is 16.1 Å². The average Bonchev–Trinajstić information content (AvgIpc) is 2.38. The second kappa shape index (κ2) is 7.29. The molecule has 1 aromatic rings. The maximum absolute atomic E-state index is 12.0. The Bertz CT molecular complexity index is 709. The summed E-state index contributed by atoms with van der Waals surface area (Å²) in [7, 11) is -0.688. The van der Waals surface area contributed by atoms with E-state index in [9.17, 15) is 13.2 Å². The minimum absolute atomic E-state index is 0.0738. The maximum Gasteiger partial charge on any atom is 0.428 e. The van der Waals surface area contributed by atoms with Crippen LogP contribution in [0, 0.1) is 0 Å².